The van der Waals surface area contributed by atoms with Crippen molar-refractivity contribution in [1.29, 1.82) is 0 Å². The van der Waals surface area contributed by atoms with Gasteiger partial charge in [0.1, 0.15) is 11.9 Å². The van der Waals surface area contributed by atoms with Gasteiger partial charge in [0.2, 0.25) is 11.0 Å². The number of fused-ring (bicyclic) bond motifs is 1. The lowest BCUT2D eigenvalue weighted by Crippen LogP contribution is -2.40. The Bertz CT molecular complexity index is 712. The van der Waals surface area contributed by atoms with Crippen molar-refractivity contribution in [3.8, 4) is 0 Å². The fraction of sp³-hybridized carbons (Fsp3) is 0.438. The molecule has 1 saturated heterocycles. The van der Waals surface area contributed by atoms with Crippen LogP contribution in [0.15, 0.2) is 24.3 Å². The Morgan fingerprint density at radius 2 is 2.09 bits per heavy atom. The smallest absolute Gasteiger partial charge is 0.247 e. The molecule has 23 heavy (non-hydrogen) atoms. The maximum Gasteiger partial charge on any atom is 0.247 e. The summed E-state index contributed by atoms with van der Waals surface area (Å²) >= 11 is 1.33. The van der Waals surface area contributed by atoms with E-state index in [1.165, 1.54) is 11.5 Å². The molecule has 1 atom stereocenters. The Hall–Kier alpha value is -1.99. The Labute approximate surface area is 138 Å². The summed E-state index contributed by atoms with van der Waals surface area (Å²) in [6.07, 6.45) is 2.59. The summed E-state index contributed by atoms with van der Waals surface area (Å²) in [6, 6.07) is 7.58. The van der Waals surface area contributed by atoms with Crippen LogP contribution in [0.25, 0.3) is 0 Å². The first-order chi connectivity index (χ1) is 11.3. The second-order valence-corrected chi connectivity index (χ2v) is 6.64. The summed E-state index contributed by atoms with van der Waals surface area (Å²) in [4.78, 5) is 16.8. The van der Waals surface area contributed by atoms with Crippen molar-refractivity contribution >= 4 is 28.3 Å². The number of hydrogen-bond donors (Lipinski definition) is 2. The predicted molar refractivity (Wildman–Crippen MR) is 88.9 cm³/mol. The van der Waals surface area contributed by atoms with Crippen molar-refractivity contribution in [1.82, 2.24) is 9.36 Å². The monoisotopic (exact) mass is 330 g/mol. The number of anilines is 2. The molecule has 2 N–H and O–H groups in total. The third-order valence-electron chi connectivity index (χ3n) is 4.34. The van der Waals surface area contributed by atoms with E-state index in [9.17, 15) is 4.79 Å². The van der Waals surface area contributed by atoms with Crippen LogP contribution in [0.5, 0.6) is 0 Å². The molecular formula is C16H18N4O2S. The third kappa shape index (κ3) is 3.07. The molecule has 4 rings (SSSR count). The van der Waals surface area contributed by atoms with Gasteiger partial charge in [0, 0.05) is 42.8 Å². The average molecular weight is 330 g/mol. The molecule has 7 heteroatoms. The second kappa shape index (κ2) is 6.25. The number of nitrogens with one attached hydrogen (secondary N) is 2. The Balaban J connectivity index is 1.46. The summed E-state index contributed by atoms with van der Waals surface area (Å²) < 4.78 is 9.83. The first-order valence-corrected chi connectivity index (χ1v) is 8.63. The van der Waals surface area contributed by atoms with Crippen LogP contribution >= 0.6 is 11.5 Å². The highest BCUT2D eigenvalue weighted by Crippen LogP contribution is 2.28. The van der Waals surface area contributed by atoms with E-state index in [4.69, 9.17) is 4.74 Å². The van der Waals surface area contributed by atoms with Gasteiger partial charge in [-0.3, -0.25) is 4.79 Å². The van der Waals surface area contributed by atoms with Crippen molar-refractivity contribution in [3.05, 3.63) is 35.7 Å². The fourth-order valence-electron chi connectivity index (χ4n) is 3.03. The van der Waals surface area contributed by atoms with E-state index in [0.717, 1.165) is 43.1 Å². The summed E-state index contributed by atoms with van der Waals surface area (Å²) in [5.74, 6) is 1.22. The number of aromatic nitrogens is 2. The molecule has 2 aliphatic heterocycles. The number of para-hydroxylation sites is 1. The zero-order valence-corrected chi connectivity index (χ0v) is 13.4. The van der Waals surface area contributed by atoms with Gasteiger partial charge in [0.05, 0.1) is 0 Å². The minimum Gasteiger partial charge on any atom is -0.381 e. The summed E-state index contributed by atoms with van der Waals surface area (Å²) in [6.45, 7) is 1.54. The van der Waals surface area contributed by atoms with Crippen LogP contribution in [0.4, 0.5) is 10.8 Å². The number of carbonyl (C=O) groups excluding carboxylic acids is 1. The topological polar surface area (TPSA) is 76.1 Å². The molecule has 0 aliphatic carbocycles. The normalized spacial score (nSPS) is 21.6. The zero-order chi connectivity index (χ0) is 15.6. The minimum atomic E-state index is -0.305. The van der Waals surface area contributed by atoms with Crippen LogP contribution in [0, 0.1) is 0 Å². The minimum absolute atomic E-state index is 0.0217. The molecule has 1 aromatic heterocycles. The van der Waals surface area contributed by atoms with E-state index >= 15 is 0 Å². The van der Waals surface area contributed by atoms with Crippen LogP contribution in [0.1, 0.15) is 30.1 Å². The molecule has 0 spiro atoms. The van der Waals surface area contributed by atoms with Crippen LogP contribution in [-0.4, -0.2) is 34.5 Å². The highest BCUT2D eigenvalue weighted by atomic mass is 32.1. The highest BCUT2D eigenvalue weighted by molar-refractivity contribution is 7.09. The summed E-state index contributed by atoms with van der Waals surface area (Å²) in [5.41, 5.74) is 2.04. The van der Waals surface area contributed by atoms with Crippen molar-refractivity contribution in [2.24, 2.45) is 0 Å². The second-order valence-electron chi connectivity index (χ2n) is 5.89. The quantitative estimate of drug-likeness (QED) is 0.904. The standard InChI is InChI=1S/C16H18N4O2S/c21-15-13(9-11-3-1-2-4-12(11)17-15)18-16-19-14(20-23-16)10-5-7-22-8-6-10/h1-4,10,13H,5-9H2,(H,17,21)(H,18,19,20). The zero-order valence-electron chi connectivity index (χ0n) is 12.6. The Morgan fingerprint density at radius 3 is 2.96 bits per heavy atom. The van der Waals surface area contributed by atoms with Crippen molar-refractivity contribution < 1.29 is 9.53 Å². The fourth-order valence-corrected chi connectivity index (χ4v) is 3.73. The van der Waals surface area contributed by atoms with Crippen molar-refractivity contribution in [2.45, 2.75) is 31.2 Å². The lowest BCUT2D eigenvalue weighted by atomic mass is 9.99. The van der Waals surface area contributed by atoms with E-state index < -0.39 is 0 Å². The number of amides is 1. The van der Waals surface area contributed by atoms with Crippen LogP contribution in [0.3, 0.4) is 0 Å². The molecule has 0 saturated carbocycles. The summed E-state index contributed by atoms with van der Waals surface area (Å²) in [7, 11) is 0. The molecule has 1 unspecified atom stereocenters. The Kier molecular flexibility index (Phi) is 3.97. The van der Waals surface area contributed by atoms with Gasteiger partial charge in [-0.15, -0.1) is 0 Å². The van der Waals surface area contributed by atoms with Gasteiger partial charge in [-0.2, -0.15) is 4.37 Å². The maximum absolute atomic E-state index is 12.2. The van der Waals surface area contributed by atoms with E-state index in [0.29, 0.717) is 17.5 Å². The number of benzene rings is 1. The molecule has 2 aromatic rings. The van der Waals surface area contributed by atoms with Gasteiger partial charge < -0.3 is 15.4 Å². The number of ether oxygens (including phenoxy) is 1. The number of carbonyl (C=O) groups is 1. The van der Waals surface area contributed by atoms with Gasteiger partial charge in [-0.05, 0) is 24.5 Å². The lowest BCUT2D eigenvalue weighted by Gasteiger charge is -2.24. The van der Waals surface area contributed by atoms with Gasteiger partial charge >= 0.3 is 0 Å². The molecule has 1 aromatic carbocycles. The van der Waals surface area contributed by atoms with Crippen molar-refractivity contribution in [3.63, 3.8) is 0 Å². The van der Waals surface area contributed by atoms with Gasteiger partial charge in [0.15, 0.2) is 0 Å². The molecule has 1 amide bonds. The van der Waals surface area contributed by atoms with Crippen LogP contribution < -0.4 is 10.6 Å². The molecule has 2 aliphatic rings. The van der Waals surface area contributed by atoms with E-state index in [1.807, 2.05) is 24.3 Å². The molecular weight excluding hydrogens is 312 g/mol. The Morgan fingerprint density at radius 1 is 1.26 bits per heavy atom. The molecule has 6 nitrogen and oxygen atoms in total. The summed E-state index contributed by atoms with van der Waals surface area (Å²) in [5, 5.41) is 6.89. The van der Waals surface area contributed by atoms with E-state index in [1.54, 1.807) is 0 Å². The first kappa shape index (κ1) is 14.6. The molecule has 1 fully saturated rings. The van der Waals surface area contributed by atoms with E-state index in [2.05, 4.69) is 20.0 Å². The largest absolute Gasteiger partial charge is 0.381 e. The van der Waals surface area contributed by atoms with Crippen LogP contribution in [0.2, 0.25) is 0 Å². The third-order valence-corrected chi connectivity index (χ3v) is 5.00. The molecule has 3 heterocycles. The van der Waals surface area contributed by atoms with Crippen LogP contribution in [-0.2, 0) is 16.0 Å². The maximum atomic E-state index is 12.2. The number of hydrogen-bond acceptors (Lipinski definition) is 6. The highest BCUT2D eigenvalue weighted by Gasteiger charge is 2.27. The van der Waals surface area contributed by atoms with Gasteiger partial charge in [-0.25, -0.2) is 4.98 Å². The van der Waals surface area contributed by atoms with Crippen molar-refractivity contribution in [2.75, 3.05) is 23.8 Å². The predicted octanol–water partition coefficient (Wildman–Crippen LogP) is 2.41. The number of nitrogens with zero attached hydrogens (tertiary/aromatic N) is 2. The molecule has 0 bridgehead atoms. The lowest BCUT2D eigenvalue weighted by molar-refractivity contribution is -0.117. The van der Waals surface area contributed by atoms with E-state index in [-0.39, 0.29) is 11.9 Å². The first-order valence-electron chi connectivity index (χ1n) is 7.86. The molecule has 120 valence electrons. The average Bonchev–Trinajstić information content (AvgIpc) is 3.05. The number of rotatable bonds is 3. The van der Waals surface area contributed by atoms with Gasteiger partial charge in [0.25, 0.3) is 0 Å². The van der Waals surface area contributed by atoms with Gasteiger partial charge in [-0.1, -0.05) is 18.2 Å². The SMILES string of the molecule is O=C1Nc2ccccc2CC1Nc1nc(C2CCOCC2)ns1. The molecule has 0 radical (unpaired) electrons.